The summed E-state index contributed by atoms with van der Waals surface area (Å²) in [6.07, 6.45) is 0. The average molecular weight is 270 g/mol. The van der Waals surface area contributed by atoms with Gasteiger partial charge in [0.15, 0.2) is 0 Å². The summed E-state index contributed by atoms with van der Waals surface area (Å²) in [4.78, 5) is 22.4. The van der Waals surface area contributed by atoms with E-state index in [9.17, 15) is 9.59 Å². The molecule has 0 aliphatic heterocycles. The fourth-order valence-electron chi connectivity index (χ4n) is 1.78. The van der Waals surface area contributed by atoms with E-state index in [0.717, 1.165) is 5.56 Å². The Balaban J connectivity index is 2.85. The first-order valence-corrected chi connectivity index (χ1v) is 6.04. The largest absolute Gasteiger partial charge is 0.480 e. The van der Waals surface area contributed by atoms with Gasteiger partial charge in [0.05, 0.1) is 5.92 Å². The molecule has 0 fully saturated rings. The van der Waals surface area contributed by atoms with E-state index < -0.39 is 5.97 Å². The third-order valence-electron chi connectivity index (χ3n) is 2.59. The summed E-state index contributed by atoms with van der Waals surface area (Å²) >= 11 is 5.80. The first-order chi connectivity index (χ1) is 8.41. The molecule has 4 nitrogen and oxygen atoms in total. The minimum atomic E-state index is -1.05. The Morgan fingerprint density at radius 3 is 2.28 bits per heavy atom. The van der Waals surface area contributed by atoms with Crippen LogP contribution in [0.1, 0.15) is 25.3 Å². The van der Waals surface area contributed by atoms with Crippen LogP contribution < -0.4 is 5.32 Å². The number of amides is 1. The maximum absolute atomic E-state index is 12.0. The van der Waals surface area contributed by atoms with Gasteiger partial charge in [-0.3, -0.25) is 9.59 Å². The standard InChI is InChI=1S/C13H16ClNO3/c1-8(2)12(13(18)15-7-11(16)17)9-3-5-10(14)6-4-9/h3-6,8,12H,7H2,1-2H3,(H,15,18)(H,16,17)/t12-/m0/s1. The summed E-state index contributed by atoms with van der Waals surface area (Å²) in [6, 6.07) is 7.01. The number of benzene rings is 1. The van der Waals surface area contributed by atoms with Crippen LogP contribution in [-0.4, -0.2) is 23.5 Å². The molecule has 0 saturated carbocycles. The van der Waals surface area contributed by atoms with Crippen LogP contribution in [0.3, 0.4) is 0 Å². The molecule has 1 amide bonds. The maximum atomic E-state index is 12.0. The minimum absolute atomic E-state index is 0.0694. The van der Waals surface area contributed by atoms with Gasteiger partial charge in [0.1, 0.15) is 6.54 Å². The molecule has 0 heterocycles. The molecule has 0 bridgehead atoms. The highest BCUT2D eigenvalue weighted by Gasteiger charge is 2.24. The molecule has 0 unspecified atom stereocenters. The SMILES string of the molecule is CC(C)[C@H](C(=O)NCC(=O)O)c1ccc(Cl)cc1. The fourth-order valence-corrected chi connectivity index (χ4v) is 1.91. The molecule has 5 heteroatoms. The van der Waals surface area contributed by atoms with E-state index in [4.69, 9.17) is 16.7 Å². The van der Waals surface area contributed by atoms with Gasteiger partial charge in [-0.15, -0.1) is 0 Å². The van der Waals surface area contributed by atoms with Gasteiger partial charge in [-0.1, -0.05) is 37.6 Å². The predicted octanol–water partition coefficient (Wildman–Crippen LogP) is 2.28. The zero-order valence-corrected chi connectivity index (χ0v) is 11.1. The molecule has 0 radical (unpaired) electrons. The Morgan fingerprint density at radius 1 is 1.28 bits per heavy atom. The zero-order chi connectivity index (χ0) is 13.7. The number of carbonyl (C=O) groups is 2. The van der Waals surface area contributed by atoms with Crippen molar-refractivity contribution in [1.82, 2.24) is 5.32 Å². The quantitative estimate of drug-likeness (QED) is 0.862. The fraction of sp³-hybridized carbons (Fsp3) is 0.385. The summed E-state index contributed by atoms with van der Waals surface area (Å²) in [7, 11) is 0. The number of carboxylic acid groups (broad SMARTS) is 1. The van der Waals surface area contributed by atoms with Crippen molar-refractivity contribution in [2.75, 3.05) is 6.54 Å². The van der Waals surface area contributed by atoms with Gasteiger partial charge in [0.2, 0.25) is 5.91 Å². The molecule has 0 aliphatic rings. The molecular formula is C13H16ClNO3. The van der Waals surface area contributed by atoms with Gasteiger partial charge >= 0.3 is 5.97 Å². The molecule has 0 aliphatic carbocycles. The van der Waals surface area contributed by atoms with Crippen LogP contribution in [0.25, 0.3) is 0 Å². The predicted molar refractivity (Wildman–Crippen MR) is 69.7 cm³/mol. The van der Waals surface area contributed by atoms with Gasteiger partial charge < -0.3 is 10.4 Å². The van der Waals surface area contributed by atoms with Gasteiger partial charge in [0, 0.05) is 5.02 Å². The van der Waals surface area contributed by atoms with Crippen molar-refractivity contribution in [3.63, 3.8) is 0 Å². The van der Waals surface area contributed by atoms with E-state index in [1.807, 2.05) is 13.8 Å². The highest BCUT2D eigenvalue weighted by molar-refractivity contribution is 6.30. The zero-order valence-electron chi connectivity index (χ0n) is 10.3. The van der Waals surface area contributed by atoms with E-state index in [2.05, 4.69) is 5.32 Å². The highest BCUT2D eigenvalue weighted by Crippen LogP contribution is 2.25. The van der Waals surface area contributed by atoms with Crippen molar-refractivity contribution in [3.8, 4) is 0 Å². The van der Waals surface area contributed by atoms with Crippen LogP contribution in [0.15, 0.2) is 24.3 Å². The lowest BCUT2D eigenvalue weighted by Gasteiger charge is -2.20. The second-order valence-corrected chi connectivity index (χ2v) is 4.82. The molecule has 1 aromatic carbocycles. The number of nitrogens with one attached hydrogen (secondary N) is 1. The molecule has 0 spiro atoms. The van der Waals surface area contributed by atoms with E-state index in [0.29, 0.717) is 5.02 Å². The van der Waals surface area contributed by atoms with E-state index >= 15 is 0 Å². The first-order valence-electron chi connectivity index (χ1n) is 5.66. The smallest absolute Gasteiger partial charge is 0.322 e. The van der Waals surface area contributed by atoms with Crippen LogP contribution in [0, 0.1) is 5.92 Å². The van der Waals surface area contributed by atoms with Crippen molar-refractivity contribution in [2.45, 2.75) is 19.8 Å². The van der Waals surface area contributed by atoms with Crippen molar-refractivity contribution in [2.24, 2.45) is 5.92 Å². The lowest BCUT2D eigenvalue weighted by molar-refractivity contribution is -0.138. The number of aliphatic carboxylic acids is 1. The second kappa shape index (κ2) is 6.40. The molecule has 98 valence electrons. The number of rotatable bonds is 5. The third-order valence-corrected chi connectivity index (χ3v) is 2.84. The van der Waals surface area contributed by atoms with Gasteiger partial charge in [-0.05, 0) is 23.6 Å². The lowest BCUT2D eigenvalue weighted by atomic mass is 9.87. The Kier molecular flexibility index (Phi) is 5.16. The van der Waals surface area contributed by atoms with Crippen LogP contribution >= 0.6 is 11.6 Å². The molecule has 1 atom stereocenters. The number of hydrogen-bond acceptors (Lipinski definition) is 2. The summed E-state index contributed by atoms with van der Waals surface area (Å²) in [5.41, 5.74) is 0.831. The van der Waals surface area contributed by atoms with E-state index in [1.165, 1.54) is 0 Å². The molecule has 18 heavy (non-hydrogen) atoms. The summed E-state index contributed by atoms with van der Waals surface area (Å²) in [5.74, 6) is -1.64. The number of carbonyl (C=O) groups excluding carboxylic acids is 1. The Hall–Kier alpha value is -1.55. The van der Waals surface area contributed by atoms with Crippen molar-refractivity contribution < 1.29 is 14.7 Å². The Bertz CT molecular complexity index is 428. The number of carboxylic acids is 1. The van der Waals surface area contributed by atoms with E-state index in [1.54, 1.807) is 24.3 Å². The summed E-state index contributed by atoms with van der Waals surface area (Å²) < 4.78 is 0. The van der Waals surface area contributed by atoms with Crippen molar-refractivity contribution in [3.05, 3.63) is 34.9 Å². The van der Waals surface area contributed by atoms with Gasteiger partial charge in [-0.25, -0.2) is 0 Å². The van der Waals surface area contributed by atoms with Crippen molar-refractivity contribution >= 4 is 23.5 Å². The Morgan fingerprint density at radius 2 is 1.83 bits per heavy atom. The molecule has 0 aromatic heterocycles. The van der Waals surface area contributed by atoms with Gasteiger partial charge in [-0.2, -0.15) is 0 Å². The molecule has 1 aromatic rings. The maximum Gasteiger partial charge on any atom is 0.322 e. The van der Waals surface area contributed by atoms with Crippen molar-refractivity contribution in [1.29, 1.82) is 0 Å². The molecule has 0 saturated heterocycles. The van der Waals surface area contributed by atoms with Gasteiger partial charge in [0.25, 0.3) is 0 Å². The molecular weight excluding hydrogens is 254 g/mol. The normalized spacial score (nSPS) is 12.2. The number of halogens is 1. The lowest BCUT2D eigenvalue weighted by Crippen LogP contribution is -2.35. The Labute approximate surface area is 111 Å². The molecule has 1 rings (SSSR count). The number of hydrogen-bond donors (Lipinski definition) is 2. The van der Waals surface area contributed by atoms with Crippen LogP contribution in [0.5, 0.6) is 0 Å². The molecule has 2 N–H and O–H groups in total. The second-order valence-electron chi connectivity index (χ2n) is 4.38. The summed E-state index contributed by atoms with van der Waals surface area (Å²) in [5, 5.41) is 11.6. The third kappa shape index (κ3) is 4.04. The highest BCUT2D eigenvalue weighted by atomic mass is 35.5. The monoisotopic (exact) mass is 269 g/mol. The average Bonchev–Trinajstić information content (AvgIpc) is 2.29. The minimum Gasteiger partial charge on any atom is -0.480 e. The van der Waals surface area contributed by atoms with Crippen LogP contribution in [0.4, 0.5) is 0 Å². The van der Waals surface area contributed by atoms with E-state index in [-0.39, 0.29) is 24.3 Å². The first kappa shape index (κ1) is 14.5. The topological polar surface area (TPSA) is 66.4 Å². The summed E-state index contributed by atoms with van der Waals surface area (Å²) in [6.45, 7) is 3.47. The van der Waals surface area contributed by atoms with Crippen LogP contribution in [-0.2, 0) is 9.59 Å². The van der Waals surface area contributed by atoms with Crippen LogP contribution in [0.2, 0.25) is 5.02 Å².